The van der Waals surface area contributed by atoms with E-state index in [1.807, 2.05) is 49.4 Å². The van der Waals surface area contributed by atoms with Gasteiger partial charge in [0.15, 0.2) is 5.69 Å². The van der Waals surface area contributed by atoms with Crippen LogP contribution in [-0.2, 0) is 0 Å². The number of hydrogen-bond donors (Lipinski definition) is 0. The molecule has 0 N–H and O–H groups in total. The molecule has 5 rings (SSSR count). The van der Waals surface area contributed by atoms with Crippen LogP contribution in [0.15, 0.2) is 82.1 Å². The van der Waals surface area contributed by atoms with Crippen molar-refractivity contribution in [3.8, 4) is 28.7 Å². The first kappa shape index (κ1) is 18.3. The van der Waals surface area contributed by atoms with Crippen LogP contribution in [-0.4, -0.2) is 19.9 Å². The van der Waals surface area contributed by atoms with Gasteiger partial charge in [0.05, 0.1) is 11.1 Å². The number of fused-ring (bicyclic) bond motifs is 1. The molecular formula is C23H15ClN4O2. The average molecular weight is 415 g/mol. The molecule has 0 saturated carbocycles. The Morgan fingerprint density at radius 3 is 2.37 bits per heavy atom. The molecule has 146 valence electrons. The predicted octanol–water partition coefficient (Wildman–Crippen LogP) is 5.06. The molecule has 5 aromatic rings. The maximum Gasteiger partial charge on any atom is 0.279 e. The maximum absolute atomic E-state index is 13.1. The standard InChI is InChI=1S/C23H15ClN4O2/c1-14-6-2-3-7-17(14)21-25-22(30-27-21)20-18-8-4-5-9-19(18)23(29)28(26-20)16-12-10-15(24)11-13-16/h2-13H,1H3. The Morgan fingerprint density at radius 1 is 0.900 bits per heavy atom. The van der Waals surface area contributed by atoms with Crippen LogP contribution in [0.25, 0.3) is 39.4 Å². The van der Waals surface area contributed by atoms with Crippen LogP contribution >= 0.6 is 11.6 Å². The molecular weight excluding hydrogens is 400 g/mol. The molecule has 0 unspecified atom stereocenters. The lowest BCUT2D eigenvalue weighted by molar-refractivity contribution is 0.430. The van der Waals surface area contributed by atoms with E-state index in [1.165, 1.54) is 4.68 Å². The number of nitrogens with zero attached hydrogens (tertiary/aromatic N) is 4. The van der Waals surface area contributed by atoms with Crippen molar-refractivity contribution in [2.24, 2.45) is 0 Å². The number of halogens is 1. The van der Waals surface area contributed by atoms with E-state index in [2.05, 4.69) is 15.2 Å². The normalized spacial score (nSPS) is 11.1. The molecule has 0 aliphatic heterocycles. The Bertz CT molecular complexity index is 1440. The zero-order valence-electron chi connectivity index (χ0n) is 15.9. The lowest BCUT2D eigenvalue weighted by atomic mass is 10.1. The third-order valence-corrected chi connectivity index (χ3v) is 5.14. The summed E-state index contributed by atoms with van der Waals surface area (Å²) in [4.78, 5) is 17.6. The summed E-state index contributed by atoms with van der Waals surface area (Å²) in [5.74, 6) is 0.713. The molecule has 30 heavy (non-hydrogen) atoms. The minimum Gasteiger partial charge on any atom is -0.332 e. The fourth-order valence-electron chi connectivity index (χ4n) is 3.36. The van der Waals surface area contributed by atoms with E-state index in [1.54, 1.807) is 30.3 Å². The van der Waals surface area contributed by atoms with Crippen molar-refractivity contribution in [2.75, 3.05) is 0 Å². The van der Waals surface area contributed by atoms with Crippen molar-refractivity contribution in [3.63, 3.8) is 0 Å². The van der Waals surface area contributed by atoms with Gasteiger partial charge in [-0.05, 0) is 42.8 Å². The summed E-state index contributed by atoms with van der Waals surface area (Å²) >= 11 is 5.99. The highest BCUT2D eigenvalue weighted by Gasteiger charge is 2.19. The van der Waals surface area contributed by atoms with Crippen molar-refractivity contribution < 1.29 is 4.52 Å². The van der Waals surface area contributed by atoms with Crippen LogP contribution in [0.2, 0.25) is 5.02 Å². The first-order chi connectivity index (χ1) is 14.6. The van der Waals surface area contributed by atoms with Crippen molar-refractivity contribution in [1.29, 1.82) is 0 Å². The van der Waals surface area contributed by atoms with E-state index < -0.39 is 0 Å². The molecule has 0 amide bonds. The molecule has 0 fully saturated rings. The van der Waals surface area contributed by atoms with Crippen LogP contribution in [0.3, 0.4) is 0 Å². The largest absolute Gasteiger partial charge is 0.332 e. The Balaban J connectivity index is 1.74. The highest BCUT2D eigenvalue weighted by molar-refractivity contribution is 6.30. The molecule has 7 heteroatoms. The second-order valence-corrected chi connectivity index (χ2v) is 7.26. The van der Waals surface area contributed by atoms with Crippen molar-refractivity contribution in [2.45, 2.75) is 6.92 Å². The fourth-order valence-corrected chi connectivity index (χ4v) is 3.48. The van der Waals surface area contributed by atoms with Gasteiger partial charge in [0.25, 0.3) is 11.4 Å². The molecule has 0 aliphatic carbocycles. The summed E-state index contributed by atoms with van der Waals surface area (Å²) in [5.41, 5.74) is 2.70. The number of hydrogen-bond acceptors (Lipinski definition) is 5. The molecule has 0 bridgehead atoms. The topological polar surface area (TPSA) is 73.8 Å². The van der Waals surface area contributed by atoms with Gasteiger partial charge in [0, 0.05) is 16.0 Å². The summed E-state index contributed by atoms with van der Waals surface area (Å²) in [6.45, 7) is 1.99. The Morgan fingerprint density at radius 2 is 1.60 bits per heavy atom. The minimum atomic E-state index is -0.240. The second-order valence-electron chi connectivity index (χ2n) is 6.83. The summed E-state index contributed by atoms with van der Waals surface area (Å²) in [6, 6.07) is 21.9. The van der Waals surface area contributed by atoms with Gasteiger partial charge >= 0.3 is 0 Å². The first-order valence-electron chi connectivity index (χ1n) is 9.30. The van der Waals surface area contributed by atoms with Gasteiger partial charge < -0.3 is 4.52 Å². The highest BCUT2D eigenvalue weighted by Crippen LogP contribution is 2.27. The third kappa shape index (κ3) is 3.07. The quantitative estimate of drug-likeness (QED) is 0.412. The minimum absolute atomic E-state index is 0.240. The molecule has 6 nitrogen and oxygen atoms in total. The lowest BCUT2D eigenvalue weighted by Crippen LogP contribution is -2.22. The van der Waals surface area contributed by atoms with E-state index in [0.29, 0.717) is 33.0 Å². The number of aryl methyl sites for hydroxylation is 1. The second kappa shape index (κ2) is 7.24. The van der Waals surface area contributed by atoms with Gasteiger partial charge in [-0.3, -0.25) is 4.79 Å². The highest BCUT2D eigenvalue weighted by atomic mass is 35.5. The molecule has 3 aromatic carbocycles. The van der Waals surface area contributed by atoms with Gasteiger partial charge in [-0.25, -0.2) is 0 Å². The number of benzene rings is 3. The van der Waals surface area contributed by atoms with Crippen molar-refractivity contribution in [1.82, 2.24) is 19.9 Å². The molecule has 0 atom stereocenters. The Labute approximate surface area is 176 Å². The summed E-state index contributed by atoms with van der Waals surface area (Å²) < 4.78 is 6.88. The fraction of sp³-hybridized carbons (Fsp3) is 0.0435. The smallest absolute Gasteiger partial charge is 0.279 e. The number of aromatic nitrogens is 4. The average Bonchev–Trinajstić information content (AvgIpc) is 3.25. The van der Waals surface area contributed by atoms with Crippen LogP contribution in [0.1, 0.15) is 5.56 Å². The monoisotopic (exact) mass is 414 g/mol. The van der Waals surface area contributed by atoms with Gasteiger partial charge in [-0.1, -0.05) is 59.2 Å². The van der Waals surface area contributed by atoms with Crippen LogP contribution in [0.4, 0.5) is 0 Å². The third-order valence-electron chi connectivity index (χ3n) is 4.89. The first-order valence-corrected chi connectivity index (χ1v) is 9.68. The van der Waals surface area contributed by atoms with Gasteiger partial charge in [-0.15, -0.1) is 0 Å². The van der Waals surface area contributed by atoms with Gasteiger partial charge in [-0.2, -0.15) is 14.8 Å². The summed E-state index contributed by atoms with van der Waals surface area (Å²) in [7, 11) is 0. The summed E-state index contributed by atoms with van der Waals surface area (Å²) in [6.07, 6.45) is 0. The van der Waals surface area contributed by atoms with Gasteiger partial charge in [0.2, 0.25) is 5.82 Å². The van der Waals surface area contributed by atoms with Crippen molar-refractivity contribution >= 4 is 22.4 Å². The zero-order chi connectivity index (χ0) is 20.7. The van der Waals surface area contributed by atoms with Crippen LogP contribution in [0.5, 0.6) is 0 Å². The predicted molar refractivity (Wildman–Crippen MR) is 116 cm³/mol. The van der Waals surface area contributed by atoms with Crippen molar-refractivity contribution in [3.05, 3.63) is 93.7 Å². The zero-order valence-corrected chi connectivity index (χ0v) is 16.7. The van der Waals surface area contributed by atoms with Crippen LogP contribution in [0, 0.1) is 6.92 Å². The van der Waals surface area contributed by atoms with E-state index in [9.17, 15) is 4.79 Å². The maximum atomic E-state index is 13.1. The van der Waals surface area contributed by atoms with E-state index in [4.69, 9.17) is 16.1 Å². The summed E-state index contributed by atoms with van der Waals surface area (Å²) in [5, 5.41) is 10.4. The Hall–Kier alpha value is -3.77. The molecule has 0 saturated heterocycles. The molecule has 2 heterocycles. The lowest BCUT2D eigenvalue weighted by Gasteiger charge is -2.09. The van der Waals surface area contributed by atoms with E-state index >= 15 is 0 Å². The van der Waals surface area contributed by atoms with Gasteiger partial charge in [0.1, 0.15) is 0 Å². The number of rotatable bonds is 3. The Kier molecular flexibility index (Phi) is 4.41. The molecule has 0 spiro atoms. The molecule has 0 radical (unpaired) electrons. The van der Waals surface area contributed by atoms with E-state index in [-0.39, 0.29) is 11.4 Å². The van der Waals surface area contributed by atoms with E-state index in [0.717, 1.165) is 11.1 Å². The molecule has 2 aromatic heterocycles. The van der Waals surface area contributed by atoms with Crippen LogP contribution < -0.4 is 5.56 Å². The molecule has 0 aliphatic rings. The SMILES string of the molecule is Cc1ccccc1-c1noc(-c2nn(-c3ccc(Cl)cc3)c(=O)c3ccccc23)n1.